The molecule has 4 nitrogen and oxygen atoms in total. The third-order valence-corrected chi connectivity index (χ3v) is 5.70. The van der Waals surface area contributed by atoms with Gasteiger partial charge in [0.25, 0.3) is 5.91 Å². The molecule has 26 heavy (non-hydrogen) atoms. The first-order valence-corrected chi connectivity index (χ1v) is 9.15. The van der Waals surface area contributed by atoms with Gasteiger partial charge in [-0.3, -0.25) is 4.79 Å². The topological polar surface area (TPSA) is 56.3 Å². The van der Waals surface area contributed by atoms with E-state index in [4.69, 9.17) is 0 Å². The molecular weight excluding hydrogens is 324 g/mol. The van der Waals surface area contributed by atoms with Crippen LogP contribution >= 0.6 is 0 Å². The van der Waals surface area contributed by atoms with Crippen molar-refractivity contribution in [3.63, 3.8) is 0 Å². The third-order valence-electron chi connectivity index (χ3n) is 5.70. The number of hydrogen-bond acceptors (Lipinski definition) is 2. The molecule has 4 rings (SSSR count). The Balaban J connectivity index is 1.55. The summed E-state index contributed by atoms with van der Waals surface area (Å²) in [7, 11) is 0. The lowest BCUT2D eigenvalue weighted by Gasteiger charge is -2.39. The molecule has 0 bridgehead atoms. The molecule has 1 fully saturated rings. The zero-order valence-electron chi connectivity index (χ0n) is 15.2. The molecule has 1 aromatic heterocycles. The SMILES string of the molecule is Cc1ccccc1C1(O)CCN(C(=O)c2[nH]c3ccccc3c2C)CC1. The van der Waals surface area contributed by atoms with Crippen molar-refractivity contribution in [3.8, 4) is 0 Å². The smallest absolute Gasteiger partial charge is 0.270 e. The maximum atomic E-state index is 13.0. The molecule has 2 aromatic carbocycles. The van der Waals surface area contributed by atoms with E-state index in [2.05, 4.69) is 4.98 Å². The summed E-state index contributed by atoms with van der Waals surface area (Å²) in [4.78, 5) is 18.1. The number of aromatic amines is 1. The largest absolute Gasteiger partial charge is 0.385 e. The predicted octanol–water partition coefficient (Wildman–Crippen LogP) is 3.91. The number of carbonyl (C=O) groups excluding carboxylic acids is 1. The molecule has 0 atom stereocenters. The predicted molar refractivity (Wildman–Crippen MR) is 103 cm³/mol. The standard InChI is InChI=1S/C22H24N2O2/c1-15-7-3-5-9-18(15)22(26)11-13-24(14-12-22)21(25)20-16(2)17-8-4-6-10-19(17)23-20/h3-10,23,26H,11-14H2,1-2H3. The Bertz CT molecular complexity index is 965. The monoisotopic (exact) mass is 348 g/mol. The van der Waals surface area contributed by atoms with Crippen LogP contribution in [0.3, 0.4) is 0 Å². The highest BCUT2D eigenvalue weighted by molar-refractivity contribution is 6.00. The highest BCUT2D eigenvalue weighted by Gasteiger charge is 2.37. The maximum absolute atomic E-state index is 13.0. The summed E-state index contributed by atoms with van der Waals surface area (Å²) < 4.78 is 0. The number of H-pyrrole nitrogens is 1. The van der Waals surface area contributed by atoms with E-state index in [0.717, 1.165) is 27.6 Å². The quantitative estimate of drug-likeness (QED) is 0.738. The zero-order valence-corrected chi connectivity index (χ0v) is 15.2. The van der Waals surface area contributed by atoms with Crippen LogP contribution < -0.4 is 0 Å². The van der Waals surface area contributed by atoms with Gasteiger partial charge in [-0.2, -0.15) is 0 Å². The number of piperidine rings is 1. The van der Waals surface area contributed by atoms with Crippen molar-refractivity contribution >= 4 is 16.8 Å². The van der Waals surface area contributed by atoms with Gasteiger partial charge in [0, 0.05) is 24.0 Å². The van der Waals surface area contributed by atoms with Crippen molar-refractivity contribution in [1.82, 2.24) is 9.88 Å². The van der Waals surface area contributed by atoms with Crippen LogP contribution in [0, 0.1) is 13.8 Å². The van der Waals surface area contributed by atoms with E-state index < -0.39 is 5.60 Å². The highest BCUT2D eigenvalue weighted by Crippen LogP contribution is 2.35. The fraction of sp³-hybridized carbons (Fsp3) is 0.318. The van der Waals surface area contributed by atoms with Crippen LogP contribution in [0.4, 0.5) is 0 Å². The number of fused-ring (bicyclic) bond motifs is 1. The fourth-order valence-electron chi connectivity index (χ4n) is 4.10. The number of nitrogens with one attached hydrogen (secondary N) is 1. The summed E-state index contributed by atoms with van der Waals surface area (Å²) in [6.45, 7) is 5.12. The molecule has 1 aliphatic heterocycles. The zero-order chi connectivity index (χ0) is 18.3. The molecule has 134 valence electrons. The number of nitrogens with zero attached hydrogens (tertiary/aromatic N) is 1. The van der Waals surface area contributed by atoms with Crippen LogP contribution in [0.5, 0.6) is 0 Å². The Morgan fingerprint density at radius 3 is 2.38 bits per heavy atom. The normalized spacial score (nSPS) is 16.8. The molecule has 0 unspecified atom stereocenters. The van der Waals surface area contributed by atoms with Crippen LogP contribution in [-0.4, -0.2) is 34.0 Å². The van der Waals surface area contributed by atoms with Gasteiger partial charge in [0.2, 0.25) is 0 Å². The minimum atomic E-state index is -0.850. The van der Waals surface area contributed by atoms with Crippen LogP contribution in [0.25, 0.3) is 10.9 Å². The van der Waals surface area contributed by atoms with Crippen molar-refractivity contribution in [2.24, 2.45) is 0 Å². The van der Waals surface area contributed by atoms with E-state index in [1.807, 2.05) is 67.3 Å². The molecule has 0 radical (unpaired) electrons. The van der Waals surface area contributed by atoms with Gasteiger partial charge in [-0.1, -0.05) is 42.5 Å². The lowest BCUT2D eigenvalue weighted by molar-refractivity contribution is -0.0216. The van der Waals surface area contributed by atoms with Crippen LogP contribution in [0.2, 0.25) is 0 Å². The van der Waals surface area contributed by atoms with Crippen molar-refractivity contribution < 1.29 is 9.90 Å². The summed E-state index contributed by atoms with van der Waals surface area (Å²) in [5.41, 5.74) is 3.87. The molecule has 1 aliphatic rings. The van der Waals surface area contributed by atoms with E-state index in [-0.39, 0.29) is 5.91 Å². The summed E-state index contributed by atoms with van der Waals surface area (Å²) in [5.74, 6) is 0.0190. The Morgan fingerprint density at radius 2 is 1.69 bits per heavy atom. The fourth-order valence-corrected chi connectivity index (χ4v) is 4.10. The molecule has 0 saturated carbocycles. The second-order valence-corrected chi connectivity index (χ2v) is 7.31. The number of rotatable bonds is 2. The van der Waals surface area contributed by atoms with E-state index in [9.17, 15) is 9.90 Å². The number of carbonyl (C=O) groups is 1. The van der Waals surface area contributed by atoms with E-state index in [1.165, 1.54) is 0 Å². The first-order valence-electron chi connectivity index (χ1n) is 9.15. The number of para-hydroxylation sites is 1. The summed E-state index contributed by atoms with van der Waals surface area (Å²) >= 11 is 0. The van der Waals surface area contributed by atoms with Gasteiger partial charge in [0.15, 0.2) is 0 Å². The Labute approximate surface area is 153 Å². The number of benzene rings is 2. The summed E-state index contributed by atoms with van der Waals surface area (Å²) in [6, 6.07) is 16.0. The first kappa shape index (κ1) is 16.9. The number of aryl methyl sites for hydroxylation is 2. The van der Waals surface area contributed by atoms with Crippen LogP contribution in [0.1, 0.15) is 40.0 Å². The van der Waals surface area contributed by atoms with Gasteiger partial charge in [-0.25, -0.2) is 0 Å². The first-order chi connectivity index (χ1) is 12.5. The second kappa shape index (κ2) is 6.29. The molecule has 0 aliphatic carbocycles. The van der Waals surface area contributed by atoms with Gasteiger partial charge in [0.1, 0.15) is 5.69 Å². The van der Waals surface area contributed by atoms with E-state index >= 15 is 0 Å². The van der Waals surface area contributed by atoms with Crippen LogP contribution in [0.15, 0.2) is 48.5 Å². The molecule has 0 spiro atoms. The maximum Gasteiger partial charge on any atom is 0.270 e. The summed E-state index contributed by atoms with van der Waals surface area (Å²) in [6.07, 6.45) is 1.12. The van der Waals surface area contributed by atoms with E-state index in [0.29, 0.717) is 31.6 Å². The van der Waals surface area contributed by atoms with Crippen molar-refractivity contribution in [2.75, 3.05) is 13.1 Å². The lowest BCUT2D eigenvalue weighted by Crippen LogP contribution is -2.45. The van der Waals surface area contributed by atoms with Crippen molar-refractivity contribution in [3.05, 3.63) is 70.9 Å². The molecule has 2 N–H and O–H groups in total. The lowest BCUT2D eigenvalue weighted by atomic mass is 9.82. The molecule has 3 aromatic rings. The molecule has 2 heterocycles. The minimum absolute atomic E-state index is 0.0190. The highest BCUT2D eigenvalue weighted by atomic mass is 16.3. The second-order valence-electron chi connectivity index (χ2n) is 7.31. The number of likely N-dealkylation sites (tertiary alicyclic amines) is 1. The van der Waals surface area contributed by atoms with Gasteiger partial charge >= 0.3 is 0 Å². The Hall–Kier alpha value is -2.59. The Kier molecular flexibility index (Phi) is 4.08. The molecule has 1 amide bonds. The third kappa shape index (κ3) is 2.71. The number of amides is 1. The molecule has 4 heteroatoms. The summed E-state index contributed by atoms with van der Waals surface area (Å²) in [5, 5.41) is 12.2. The average Bonchev–Trinajstić information content (AvgIpc) is 2.99. The van der Waals surface area contributed by atoms with Gasteiger partial charge in [-0.15, -0.1) is 0 Å². The molecular formula is C22H24N2O2. The van der Waals surface area contributed by atoms with Crippen molar-refractivity contribution in [1.29, 1.82) is 0 Å². The van der Waals surface area contributed by atoms with Gasteiger partial charge < -0.3 is 15.0 Å². The van der Waals surface area contributed by atoms with Crippen molar-refractivity contribution in [2.45, 2.75) is 32.3 Å². The number of hydrogen-bond donors (Lipinski definition) is 2. The Morgan fingerprint density at radius 1 is 1.04 bits per heavy atom. The number of aromatic nitrogens is 1. The number of aliphatic hydroxyl groups is 1. The minimum Gasteiger partial charge on any atom is -0.385 e. The molecule has 1 saturated heterocycles. The van der Waals surface area contributed by atoms with Crippen LogP contribution in [-0.2, 0) is 5.60 Å². The average molecular weight is 348 g/mol. The van der Waals surface area contributed by atoms with Gasteiger partial charge in [-0.05, 0) is 49.4 Å². The van der Waals surface area contributed by atoms with Gasteiger partial charge in [0.05, 0.1) is 5.60 Å². The van der Waals surface area contributed by atoms with E-state index in [1.54, 1.807) is 0 Å².